The number of nitrogens with zero attached hydrogens (tertiary/aromatic N) is 2. The number of anilines is 1. The molecule has 0 fully saturated rings. The summed E-state index contributed by atoms with van der Waals surface area (Å²) in [5, 5.41) is 0.218. The van der Waals surface area contributed by atoms with Gasteiger partial charge in [-0.3, -0.25) is 9.59 Å². The topological polar surface area (TPSA) is 50.3 Å². The Bertz CT molecular complexity index is 671. The van der Waals surface area contributed by atoms with E-state index in [-0.39, 0.29) is 22.5 Å². The second kappa shape index (κ2) is 6.50. The molecule has 2 rings (SSSR count). The molecule has 1 aromatic carbocycles. The van der Waals surface area contributed by atoms with E-state index in [1.54, 1.807) is 50.4 Å². The van der Waals surface area contributed by atoms with Crippen molar-refractivity contribution >= 4 is 29.0 Å². The van der Waals surface area contributed by atoms with E-state index in [9.17, 15) is 9.59 Å². The van der Waals surface area contributed by atoms with Gasteiger partial charge in [0.25, 0.3) is 0 Å². The molecule has 0 unspecified atom stereocenters. The van der Waals surface area contributed by atoms with Crippen molar-refractivity contribution in [1.82, 2.24) is 4.98 Å². The lowest BCUT2D eigenvalue weighted by atomic mass is 10.1. The predicted octanol–water partition coefficient (Wildman–Crippen LogP) is 3.34. The molecule has 4 nitrogen and oxygen atoms in total. The van der Waals surface area contributed by atoms with Gasteiger partial charge in [0.15, 0.2) is 0 Å². The highest BCUT2D eigenvalue weighted by molar-refractivity contribution is 6.30. The molecule has 0 spiro atoms. The lowest BCUT2D eigenvalue weighted by molar-refractivity contribution is -0.118. The summed E-state index contributed by atoms with van der Waals surface area (Å²) in [6.07, 6.45) is 0.345. The standard InChI is InChI=1S/C16H15ClN2O2/c1-3-14(20)19(2)12-9-10-13(17)18-15(12)16(21)11-7-5-4-6-8-11/h4-10H,3H2,1-2H3. The maximum atomic E-state index is 12.6. The van der Waals surface area contributed by atoms with Gasteiger partial charge in [-0.2, -0.15) is 0 Å². The number of aromatic nitrogens is 1. The van der Waals surface area contributed by atoms with E-state index in [0.717, 1.165) is 0 Å². The van der Waals surface area contributed by atoms with Crippen molar-refractivity contribution < 1.29 is 9.59 Å². The van der Waals surface area contributed by atoms with Gasteiger partial charge in [0, 0.05) is 19.0 Å². The fourth-order valence-electron chi connectivity index (χ4n) is 1.96. The Morgan fingerprint density at radius 1 is 1.14 bits per heavy atom. The van der Waals surface area contributed by atoms with Gasteiger partial charge in [-0.15, -0.1) is 0 Å². The van der Waals surface area contributed by atoms with Crippen LogP contribution in [0.4, 0.5) is 5.69 Å². The molecule has 2 aromatic rings. The van der Waals surface area contributed by atoms with Crippen LogP contribution in [0.25, 0.3) is 0 Å². The molecule has 1 amide bonds. The molecule has 1 aromatic heterocycles. The molecule has 0 aliphatic heterocycles. The first-order valence-electron chi connectivity index (χ1n) is 6.57. The summed E-state index contributed by atoms with van der Waals surface area (Å²) in [5.41, 5.74) is 1.14. The summed E-state index contributed by atoms with van der Waals surface area (Å²) >= 11 is 5.90. The summed E-state index contributed by atoms with van der Waals surface area (Å²) in [6, 6.07) is 12.0. The lowest BCUT2D eigenvalue weighted by Crippen LogP contribution is -2.27. The van der Waals surface area contributed by atoms with Gasteiger partial charge in [-0.05, 0) is 12.1 Å². The molecule has 21 heavy (non-hydrogen) atoms. The third-order valence-electron chi connectivity index (χ3n) is 3.13. The number of carbonyl (C=O) groups excluding carboxylic acids is 2. The zero-order chi connectivity index (χ0) is 15.4. The Morgan fingerprint density at radius 3 is 2.43 bits per heavy atom. The Hall–Kier alpha value is -2.20. The van der Waals surface area contributed by atoms with Gasteiger partial charge in [0.2, 0.25) is 11.7 Å². The molecular weight excluding hydrogens is 288 g/mol. The van der Waals surface area contributed by atoms with Gasteiger partial charge in [0.1, 0.15) is 10.8 Å². The highest BCUT2D eigenvalue weighted by Gasteiger charge is 2.20. The molecule has 0 saturated carbocycles. The highest BCUT2D eigenvalue weighted by Crippen LogP contribution is 2.23. The minimum atomic E-state index is -0.260. The number of benzene rings is 1. The molecule has 5 heteroatoms. The second-order valence-corrected chi connectivity index (χ2v) is 4.89. The molecule has 0 saturated heterocycles. The van der Waals surface area contributed by atoms with Crippen LogP contribution in [-0.4, -0.2) is 23.7 Å². The van der Waals surface area contributed by atoms with Gasteiger partial charge in [-0.1, -0.05) is 48.9 Å². The zero-order valence-electron chi connectivity index (χ0n) is 11.8. The van der Waals surface area contributed by atoms with Crippen LogP contribution in [0.5, 0.6) is 0 Å². The fraction of sp³-hybridized carbons (Fsp3) is 0.188. The third kappa shape index (κ3) is 3.28. The van der Waals surface area contributed by atoms with E-state index < -0.39 is 0 Å². The predicted molar refractivity (Wildman–Crippen MR) is 82.8 cm³/mol. The van der Waals surface area contributed by atoms with Crippen molar-refractivity contribution in [2.45, 2.75) is 13.3 Å². The van der Waals surface area contributed by atoms with Crippen molar-refractivity contribution in [3.8, 4) is 0 Å². The number of pyridine rings is 1. The smallest absolute Gasteiger partial charge is 0.226 e. The van der Waals surface area contributed by atoms with Crippen LogP contribution in [0.1, 0.15) is 29.4 Å². The molecule has 0 aliphatic rings. The van der Waals surface area contributed by atoms with Gasteiger partial charge < -0.3 is 4.90 Å². The molecule has 0 radical (unpaired) electrons. The summed E-state index contributed by atoms with van der Waals surface area (Å²) < 4.78 is 0. The normalized spacial score (nSPS) is 10.2. The lowest BCUT2D eigenvalue weighted by Gasteiger charge is -2.19. The van der Waals surface area contributed by atoms with Gasteiger partial charge in [0.05, 0.1) is 5.69 Å². The molecule has 0 aliphatic carbocycles. The SMILES string of the molecule is CCC(=O)N(C)c1ccc(Cl)nc1C(=O)c1ccccc1. The molecule has 0 atom stereocenters. The maximum Gasteiger partial charge on any atom is 0.226 e. The number of ketones is 1. The van der Waals surface area contributed by atoms with Crippen LogP contribution in [0, 0.1) is 0 Å². The number of rotatable bonds is 4. The molecule has 0 N–H and O–H groups in total. The summed E-state index contributed by atoms with van der Waals surface area (Å²) in [7, 11) is 1.62. The first-order chi connectivity index (χ1) is 10.0. The van der Waals surface area contributed by atoms with E-state index >= 15 is 0 Å². The van der Waals surface area contributed by atoms with Crippen LogP contribution in [-0.2, 0) is 4.79 Å². The number of amides is 1. The van der Waals surface area contributed by atoms with Crippen LogP contribution in [0.15, 0.2) is 42.5 Å². The van der Waals surface area contributed by atoms with Gasteiger partial charge in [-0.25, -0.2) is 4.98 Å². The summed E-state index contributed by atoms with van der Waals surface area (Å²) in [6.45, 7) is 1.76. The average molecular weight is 303 g/mol. The molecule has 108 valence electrons. The fourth-order valence-corrected chi connectivity index (χ4v) is 2.11. The number of hydrogen-bond donors (Lipinski definition) is 0. The van der Waals surface area contributed by atoms with Crippen LogP contribution in [0.2, 0.25) is 5.15 Å². The number of carbonyl (C=O) groups is 2. The van der Waals surface area contributed by atoms with Crippen LogP contribution >= 0.6 is 11.6 Å². The Labute approximate surface area is 128 Å². The maximum absolute atomic E-state index is 12.6. The van der Waals surface area contributed by atoms with Crippen molar-refractivity contribution in [1.29, 1.82) is 0 Å². The van der Waals surface area contributed by atoms with Crippen molar-refractivity contribution in [3.63, 3.8) is 0 Å². The highest BCUT2D eigenvalue weighted by atomic mass is 35.5. The van der Waals surface area contributed by atoms with Crippen molar-refractivity contribution in [2.24, 2.45) is 0 Å². The van der Waals surface area contributed by atoms with Gasteiger partial charge >= 0.3 is 0 Å². The molecule has 1 heterocycles. The van der Waals surface area contributed by atoms with E-state index in [0.29, 0.717) is 17.7 Å². The first-order valence-corrected chi connectivity index (χ1v) is 6.95. The Kier molecular flexibility index (Phi) is 4.70. The first kappa shape index (κ1) is 15.2. The second-order valence-electron chi connectivity index (χ2n) is 4.50. The minimum absolute atomic E-state index is 0.0961. The monoisotopic (exact) mass is 302 g/mol. The summed E-state index contributed by atoms with van der Waals surface area (Å²) in [5.74, 6) is -0.356. The Morgan fingerprint density at radius 2 is 1.81 bits per heavy atom. The molecule has 0 bridgehead atoms. The van der Waals surface area contributed by atoms with Crippen molar-refractivity contribution in [2.75, 3.05) is 11.9 Å². The zero-order valence-corrected chi connectivity index (χ0v) is 12.6. The summed E-state index contributed by atoms with van der Waals surface area (Å²) in [4.78, 5) is 30.0. The average Bonchev–Trinajstić information content (AvgIpc) is 2.53. The largest absolute Gasteiger partial charge is 0.313 e. The number of hydrogen-bond acceptors (Lipinski definition) is 3. The Balaban J connectivity index is 2.50. The molecular formula is C16H15ClN2O2. The third-order valence-corrected chi connectivity index (χ3v) is 3.34. The van der Waals surface area contributed by atoms with E-state index in [1.807, 2.05) is 6.07 Å². The quantitative estimate of drug-likeness (QED) is 0.643. The van der Waals surface area contributed by atoms with Crippen LogP contribution in [0.3, 0.4) is 0 Å². The van der Waals surface area contributed by atoms with E-state index in [4.69, 9.17) is 11.6 Å². The van der Waals surface area contributed by atoms with Crippen molar-refractivity contribution in [3.05, 3.63) is 58.9 Å². The van der Waals surface area contributed by atoms with E-state index in [2.05, 4.69) is 4.98 Å². The number of halogens is 1. The van der Waals surface area contributed by atoms with Crippen LogP contribution < -0.4 is 4.90 Å². The van der Waals surface area contributed by atoms with E-state index in [1.165, 1.54) is 4.90 Å². The minimum Gasteiger partial charge on any atom is -0.313 e.